The summed E-state index contributed by atoms with van der Waals surface area (Å²) >= 11 is 0. The van der Waals surface area contributed by atoms with E-state index in [1.165, 1.54) is 17.7 Å². The average molecular weight is 379 g/mol. The van der Waals surface area contributed by atoms with Crippen LogP contribution in [0.3, 0.4) is 0 Å². The van der Waals surface area contributed by atoms with Gasteiger partial charge in [-0.2, -0.15) is 0 Å². The third-order valence-corrected chi connectivity index (χ3v) is 5.18. The molecular formula is C18H29N5O4. The van der Waals surface area contributed by atoms with Gasteiger partial charge in [-0.05, 0) is 12.8 Å². The van der Waals surface area contributed by atoms with Gasteiger partial charge in [-0.25, -0.2) is 9.79 Å². The van der Waals surface area contributed by atoms with Crippen LogP contribution in [0.15, 0.2) is 17.6 Å². The number of hydrogen-bond donors (Lipinski definition) is 2. The number of nitrogens with zero attached hydrogens (tertiary/aromatic N) is 4. The first-order valence-electron chi connectivity index (χ1n) is 9.56. The highest BCUT2D eigenvalue weighted by Gasteiger charge is 2.50. The van der Waals surface area contributed by atoms with Gasteiger partial charge in [0.1, 0.15) is 0 Å². The lowest BCUT2D eigenvalue weighted by molar-refractivity contribution is -0.127. The van der Waals surface area contributed by atoms with Crippen LogP contribution in [-0.4, -0.2) is 95.9 Å². The zero-order valence-electron chi connectivity index (χ0n) is 15.8. The monoisotopic (exact) mass is 379 g/mol. The van der Waals surface area contributed by atoms with Crippen molar-refractivity contribution >= 4 is 17.9 Å². The lowest BCUT2D eigenvalue weighted by atomic mass is 10.1. The summed E-state index contributed by atoms with van der Waals surface area (Å²) in [5, 5.41) is 12.8. The number of likely N-dealkylation sites (N-methyl/N-ethyl adjacent to an activating group) is 1. The van der Waals surface area contributed by atoms with E-state index < -0.39 is 24.3 Å². The Morgan fingerprint density at radius 3 is 2.70 bits per heavy atom. The Morgan fingerprint density at radius 2 is 2.04 bits per heavy atom. The number of urea groups is 1. The number of aliphatic hydroxyl groups excluding tert-OH is 1. The minimum atomic E-state index is -0.781. The zero-order valence-corrected chi connectivity index (χ0v) is 15.8. The molecule has 0 spiro atoms. The van der Waals surface area contributed by atoms with Crippen molar-refractivity contribution in [3.63, 3.8) is 0 Å². The zero-order chi connectivity index (χ0) is 19.4. The second-order valence-electron chi connectivity index (χ2n) is 7.23. The van der Waals surface area contributed by atoms with Gasteiger partial charge in [-0.1, -0.05) is 18.9 Å². The summed E-state index contributed by atoms with van der Waals surface area (Å²) in [5.41, 5.74) is 0. The van der Waals surface area contributed by atoms with Gasteiger partial charge < -0.3 is 24.5 Å². The van der Waals surface area contributed by atoms with Crippen LogP contribution < -0.4 is 5.32 Å². The topological polar surface area (TPSA) is 97.7 Å². The molecule has 3 aliphatic rings. The molecule has 0 saturated carbocycles. The minimum Gasteiger partial charge on any atom is -0.389 e. The molecule has 0 aliphatic carbocycles. The Labute approximate surface area is 159 Å². The first kappa shape index (κ1) is 19.6. The Kier molecular flexibility index (Phi) is 6.33. The minimum absolute atomic E-state index is 0.142. The largest absolute Gasteiger partial charge is 0.389 e. The lowest BCUT2D eigenvalue weighted by Gasteiger charge is -2.38. The highest BCUT2D eigenvalue weighted by Crippen LogP contribution is 2.27. The average Bonchev–Trinajstić information content (AvgIpc) is 2.81. The second-order valence-corrected chi connectivity index (χ2v) is 7.23. The van der Waals surface area contributed by atoms with E-state index in [0.29, 0.717) is 12.6 Å². The Morgan fingerprint density at radius 1 is 1.33 bits per heavy atom. The van der Waals surface area contributed by atoms with Crippen molar-refractivity contribution < 1.29 is 19.4 Å². The number of hydrogen-bond acceptors (Lipinski definition) is 7. The number of ether oxygens (including phenoxy) is 1. The molecule has 0 bridgehead atoms. The van der Waals surface area contributed by atoms with Gasteiger partial charge in [-0.3, -0.25) is 10.1 Å². The van der Waals surface area contributed by atoms with Gasteiger partial charge in [-0.15, -0.1) is 6.58 Å². The van der Waals surface area contributed by atoms with E-state index in [0.717, 1.165) is 25.9 Å². The Hall–Kier alpha value is -2.13. The first-order chi connectivity index (χ1) is 13.0. The fourth-order valence-corrected chi connectivity index (χ4v) is 3.81. The van der Waals surface area contributed by atoms with Gasteiger partial charge in [0, 0.05) is 26.7 Å². The van der Waals surface area contributed by atoms with Crippen LogP contribution in [0.2, 0.25) is 0 Å². The number of carbonyl (C=O) groups excluding carboxylic acids is 2. The molecule has 0 aromatic heterocycles. The molecule has 27 heavy (non-hydrogen) atoms. The van der Waals surface area contributed by atoms with Crippen LogP contribution in [0.25, 0.3) is 0 Å². The van der Waals surface area contributed by atoms with E-state index >= 15 is 0 Å². The number of aliphatic hydroxyl groups is 1. The van der Waals surface area contributed by atoms with Crippen LogP contribution in [0.1, 0.15) is 25.7 Å². The van der Waals surface area contributed by atoms with E-state index in [1.807, 2.05) is 4.90 Å². The number of fused-ring (bicyclic) bond motifs is 1. The highest BCUT2D eigenvalue weighted by molar-refractivity contribution is 6.03. The van der Waals surface area contributed by atoms with Crippen LogP contribution in [0, 0.1) is 0 Å². The number of carbonyl (C=O) groups is 2. The molecule has 2 fully saturated rings. The number of nitrogens with one attached hydrogen (secondary N) is 1. The molecule has 0 aromatic rings. The SMILES string of the molecule is C=CCOCC(O)CN1C(N2CCCCCC2)=NC2C1C(=O)NC(=O)N2C. The Balaban J connectivity index is 1.81. The molecule has 3 rings (SSSR count). The molecule has 0 radical (unpaired) electrons. The maximum absolute atomic E-state index is 12.6. The number of β-amino-alcohol motifs (C(OH)–C–C–N with tert-alkyl or cyclic N) is 1. The summed E-state index contributed by atoms with van der Waals surface area (Å²) in [4.78, 5) is 34.8. The second kappa shape index (κ2) is 8.71. The number of aliphatic imine (C=N–C) groups is 1. The van der Waals surface area contributed by atoms with Gasteiger partial charge in [0.2, 0.25) is 0 Å². The number of likely N-dealkylation sites (tertiary alicyclic amines) is 1. The molecule has 2 saturated heterocycles. The van der Waals surface area contributed by atoms with Crippen molar-refractivity contribution in [2.45, 2.75) is 44.0 Å². The summed E-state index contributed by atoms with van der Waals surface area (Å²) < 4.78 is 5.34. The number of rotatable bonds is 6. The van der Waals surface area contributed by atoms with E-state index in [9.17, 15) is 14.7 Å². The van der Waals surface area contributed by atoms with Crippen LogP contribution in [0.4, 0.5) is 4.79 Å². The van der Waals surface area contributed by atoms with E-state index in [-0.39, 0.29) is 19.1 Å². The maximum Gasteiger partial charge on any atom is 0.325 e. The maximum atomic E-state index is 12.6. The summed E-state index contributed by atoms with van der Waals surface area (Å²) in [6, 6.07) is -1.09. The van der Waals surface area contributed by atoms with Gasteiger partial charge >= 0.3 is 6.03 Å². The molecule has 150 valence electrons. The molecule has 3 unspecified atom stereocenters. The molecule has 3 atom stereocenters. The molecule has 2 N–H and O–H groups in total. The summed E-state index contributed by atoms with van der Waals surface area (Å²) in [7, 11) is 1.64. The van der Waals surface area contributed by atoms with E-state index in [2.05, 4.69) is 16.8 Å². The normalized spacial score (nSPS) is 27.0. The predicted molar refractivity (Wildman–Crippen MR) is 100 cm³/mol. The van der Waals surface area contributed by atoms with Crippen LogP contribution >= 0.6 is 0 Å². The van der Waals surface area contributed by atoms with Gasteiger partial charge in [0.25, 0.3) is 5.91 Å². The van der Waals surface area contributed by atoms with E-state index in [1.54, 1.807) is 13.1 Å². The fraction of sp³-hybridized carbons (Fsp3) is 0.722. The smallest absolute Gasteiger partial charge is 0.325 e. The Bertz CT molecular complexity index is 603. The summed E-state index contributed by atoms with van der Waals surface area (Å²) in [6.45, 7) is 6.01. The van der Waals surface area contributed by atoms with Gasteiger partial charge in [0.15, 0.2) is 18.2 Å². The fourth-order valence-electron chi connectivity index (χ4n) is 3.81. The summed E-state index contributed by atoms with van der Waals surface area (Å²) in [6.07, 6.45) is 4.74. The summed E-state index contributed by atoms with van der Waals surface area (Å²) in [5.74, 6) is 0.308. The van der Waals surface area contributed by atoms with Crippen molar-refractivity contribution in [1.82, 2.24) is 20.0 Å². The molecule has 3 amide bonds. The standard InChI is InChI=1S/C18H29N5O4/c1-3-10-27-12-13(24)11-23-14-15(21(2)18(26)20-16(14)25)19-17(23)22-8-6-4-5-7-9-22/h3,13-15,24H,1,4-12H2,2H3,(H,20,25,26). The van der Waals surface area contributed by atoms with Crippen LogP contribution in [0.5, 0.6) is 0 Å². The van der Waals surface area contributed by atoms with Crippen LogP contribution in [-0.2, 0) is 9.53 Å². The molecular weight excluding hydrogens is 350 g/mol. The number of imide groups is 1. The van der Waals surface area contributed by atoms with Gasteiger partial charge in [0.05, 0.1) is 19.3 Å². The number of amides is 3. The van der Waals surface area contributed by atoms with Crippen molar-refractivity contribution in [2.24, 2.45) is 4.99 Å². The lowest BCUT2D eigenvalue weighted by Crippen LogP contribution is -2.65. The third-order valence-electron chi connectivity index (χ3n) is 5.18. The van der Waals surface area contributed by atoms with Crippen molar-refractivity contribution in [2.75, 3.05) is 39.9 Å². The van der Waals surface area contributed by atoms with E-state index in [4.69, 9.17) is 9.73 Å². The molecule has 0 aromatic carbocycles. The number of guanidine groups is 1. The molecule has 3 heterocycles. The predicted octanol–water partition coefficient (Wildman–Crippen LogP) is -0.0262. The van der Waals surface area contributed by atoms with Crippen molar-refractivity contribution in [3.05, 3.63) is 12.7 Å². The van der Waals surface area contributed by atoms with Crippen molar-refractivity contribution in [3.8, 4) is 0 Å². The molecule has 9 heteroatoms. The quantitative estimate of drug-likeness (QED) is 0.497. The molecule has 3 aliphatic heterocycles. The highest BCUT2D eigenvalue weighted by atomic mass is 16.5. The van der Waals surface area contributed by atoms with Crippen molar-refractivity contribution in [1.29, 1.82) is 0 Å². The first-order valence-corrected chi connectivity index (χ1v) is 9.56. The molecule has 9 nitrogen and oxygen atoms in total. The third kappa shape index (κ3) is 4.24.